The van der Waals surface area contributed by atoms with Crippen LogP contribution in [0, 0.1) is 5.41 Å². The average Bonchev–Trinajstić information content (AvgIpc) is 3.89. The number of aromatic hydroxyl groups is 1. The number of likely N-dealkylation sites (tertiary alicyclic amines) is 1. The standard InChI is InChI=1S/C46H67N15O12S2.C2H4O2/c47-27(22-74)38(66)57-30(19-25-10-12-26(62)13-11-25)42(70)58-31(18-24-6-2-1-3-7-24)41(69)55-29(14-15-35(48)63)40(68)59-32(20-36(49)64)43(71)60-33(23-75)45(73)61-17-5-9-34(61)44(72)56-28(8-4-16-53-46(51)52)39(67)54-21-37(50)65;1-2(3)4/h1-3,6-7,10-13,27-34,62,74-75H,4-5,8-9,14-23,47H2,(H2,48,63)(H2,49,64)(H2,50,65)(H,54,67)(H,55,69)(H,56,72)(H,57,66)(H,58,70)(H,59,68)(H,60,71)(H4,51,52,53);1H3,(H,3,4)/t27-,28-,29-,30-,31-,32-,33-,34-;/m0./s1. The summed E-state index contributed by atoms with van der Waals surface area (Å²) in [6.07, 6.45) is -1.34. The van der Waals surface area contributed by atoms with Gasteiger partial charge in [0.1, 0.15) is 48.0 Å². The summed E-state index contributed by atoms with van der Waals surface area (Å²) < 4.78 is 0. The maximum atomic E-state index is 14.3. The highest BCUT2D eigenvalue weighted by atomic mass is 32.1. The third kappa shape index (κ3) is 25.2. The summed E-state index contributed by atoms with van der Waals surface area (Å²) in [5, 5.41) is 44.5. The Morgan fingerprint density at radius 2 is 1.14 bits per heavy atom. The Bertz CT molecular complexity index is 2470. The molecule has 2 aromatic rings. The topological polar surface area (TPSA) is 499 Å². The number of hydrogen-bond acceptors (Lipinski definition) is 17. The van der Waals surface area contributed by atoms with Crippen molar-refractivity contribution in [1.29, 1.82) is 5.41 Å². The fourth-order valence-corrected chi connectivity index (χ4v) is 8.02. The largest absolute Gasteiger partial charge is 0.508 e. The molecule has 79 heavy (non-hydrogen) atoms. The number of carboxylic acid groups (broad SMARTS) is 1. The summed E-state index contributed by atoms with van der Waals surface area (Å²) >= 11 is 8.30. The van der Waals surface area contributed by atoms with Crippen LogP contribution in [0.25, 0.3) is 0 Å². The monoisotopic (exact) mass is 1150 g/mol. The van der Waals surface area contributed by atoms with Crippen molar-refractivity contribution in [1.82, 2.24) is 47.4 Å². The number of aliphatic carboxylic acids is 1. The van der Waals surface area contributed by atoms with Gasteiger partial charge in [-0.05, 0) is 55.4 Å². The lowest BCUT2D eigenvalue weighted by Crippen LogP contribution is -2.61. The third-order valence-corrected chi connectivity index (χ3v) is 12.3. The van der Waals surface area contributed by atoms with Crippen LogP contribution >= 0.6 is 25.3 Å². The van der Waals surface area contributed by atoms with Gasteiger partial charge < -0.3 is 86.3 Å². The maximum absolute atomic E-state index is 14.3. The summed E-state index contributed by atoms with van der Waals surface area (Å²) in [6, 6.07) is 2.95. The Morgan fingerprint density at radius 3 is 1.67 bits per heavy atom. The number of guanidine groups is 1. The molecule has 1 heterocycles. The molecule has 2 aromatic carbocycles. The normalized spacial score (nSPS) is 15.2. The quantitative estimate of drug-likeness (QED) is 0.0145. The van der Waals surface area contributed by atoms with Crippen LogP contribution in [0.1, 0.15) is 63.0 Å². The summed E-state index contributed by atoms with van der Waals surface area (Å²) in [4.78, 5) is 156. The number of carboxylic acids is 1. The van der Waals surface area contributed by atoms with Gasteiger partial charge >= 0.3 is 0 Å². The molecule has 0 radical (unpaired) electrons. The van der Waals surface area contributed by atoms with Gasteiger partial charge in [-0.1, -0.05) is 42.5 Å². The number of nitrogens with one attached hydrogen (secondary N) is 9. The molecule has 1 aliphatic heterocycles. The van der Waals surface area contributed by atoms with Crippen LogP contribution in [-0.4, -0.2) is 171 Å². The van der Waals surface area contributed by atoms with Crippen LogP contribution in [-0.2, 0) is 70.4 Å². The van der Waals surface area contributed by atoms with E-state index < -0.39 is 145 Å². The first-order valence-electron chi connectivity index (χ1n) is 24.6. The molecular weight excluding hydrogens is 1070 g/mol. The molecule has 0 spiro atoms. The molecule has 29 nitrogen and oxygen atoms in total. The van der Waals surface area contributed by atoms with E-state index >= 15 is 0 Å². The minimum Gasteiger partial charge on any atom is -0.508 e. The molecule has 0 unspecified atom stereocenters. The van der Waals surface area contributed by atoms with E-state index in [9.17, 15) is 57.8 Å². The van der Waals surface area contributed by atoms with Crippen LogP contribution in [0.15, 0.2) is 54.6 Å². The fourth-order valence-electron chi connectivity index (χ4n) is 7.60. The minimum absolute atomic E-state index is 0.0228. The number of primary amides is 3. The number of nitrogens with zero attached hydrogens (tertiary/aromatic N) is 1. The Kier molecular flexibility index (Phi) is 29.3. The first-order chi connectivity index (χ1) is 37.3. The van der Waals surface area contributed by atoms with Crippen molar-refractivity contribution in [3.05, 3.63) is 65.7 Å². The molecule has 434 valence electrons. The van der Waals surface area contributed by atoms with Gasteiger partial charge in [-0.15, -0.1) is 0 Å². The molecule has 31 heteroatoms. The molecule has 0 bridgehead atoms. The molecule has 0 saturated carbocycles. The highest BCUT2D eigenvalue weighted by Gasteiger charge is 2.40. The second kappa shape index (κ2) is 34.6. The SMILES string of the molecule is CC(=O)O.N=C(N)NCCC[C@H](NC(=O)[C@@H]1CCCN1C(=O)[C@H](CS)NC(=O)[C@H](CC(N)=O)NC(=O)[C@H](CCC(N)=O)NC(=O)[C@H](Cc1ccccc1)NC(=O)[C@H](Cc1ccc(O)cc1)NC(=O)[C@@H](N)CS)C(=O)NCC(N)=O. The third-order valence-electron chi connectivity index (χ3n) is 11.5. The van der Waals surface area contributed by atoms with Gasteiger partial charge in [0.15, 0.2) is 5.96 Å². The number of rotatable bonds is 31. The number of carbonyl (C=O) groups excluding carboxylic acids is 11. The first-order valence-corrected chi connectivity index (χ1v) is 25.8. The summed E-state index contributed by atoms with van der Waals surface area (Å²) in [7, 11) is 0. The van der Waals surface area contributed by atoms with E-state index in [4.69, 9.17) is 44.0 Å². The van der Waals surface area contributed by atoms with Crippen LogP contribution in [0.3, 0.4) is 0 Å². The molecule has 21 N–H and O–H groups in total. The highest BCUT2D eigenvalue weighted by Crippen LogP contribution is 2.20. The van der Waals surface area contributed by atoms with Crippen LogP contribution < -0.4 is 71.2 Å². The van der Waals surface area contributed by atoms with Crippen molar-refractivity contribution in [3.8, 4) is 5.75 Å². The molecule has 1 saturated heterocycles. The highest BCUT2D eigenvalue weighted by molar-refractivity contribution is 7.80. The van der Waals surface area contributed by atoms with Gasteiger partial charge in [-0.2, -0.15) is 25.3 Å². The number of nitrogens with two attached hydrogens (primary N) is 5. The predicted octanol–water partition coefficient (Wildman–Crippen LogP) is -5.64. The number of benzene rings is 2. The zero-order valence-electron chi connectivity index (χ0n) is 43.2. The Balaban J connectivity index is 0.00000514. The maximum Gasteiger partial charge on any atom is 0.300 e. The van der Waals surface area contributed by atoms with Gasteiger partial charge in [0.25, 0.3) is 5.97 Å². The van der Waals surface area contributed by atoms with Crippen molar-refractivity contribution >= 4 is 102 Å². The van der Waals surface area contributed by atoms with E-state index in [2.05, 4.69) is 67.8 Å². The second-order valence-electron chi connectivity index (χ2n) is 17.9. The van der Waals surface area contributed by atoms with Gasteiger partial charge in [0.05, 0.1) is 19.0 Å². The smallest absolute Gasteiger partial charge is 0.300 e. The summed E-state index contributed by atoms with van der Waals surface area (Å²) in [5.74, 6) is -11.5. The molecule has 1 aliphatic rings. The molecule has 11 amide bonds. The van der Waals surface area contributed by atoms with E-state index in [1.807, 2.05) is 0 Å². The lowest BCUT2D eigenvalue weighted by Gasteiger charge is -2.30. The Morgan fingerprint density at radius 1 is 0.633 bits per heavy atom. The van der Waals surface area contributed by atoms with E-state index in [1.165, 1.54) is 24.3 Å². The van der Waals surface area contributed by atoms with Crippen molar-refractivity contribution in [2.75, 3.05) is 31.1 Å². The van der Waals surface area contributed by atoms with Crippen molar-refractivity contribution in [3.63, 3.8) is 0 Å². The van der Waals surface area contributed by atoms with Gasteiger partial charge in [0.2, 0.25) is 65.0 Å². The molecule has 8 atom stereocenters. The van der Waals surface area contributed by atoms with E-state index in [1.54, 1.807) is 30.3 Å². The second-order valence-corrected chi connectivity index (χ2v) is 18.7. The Labute approximate surface area is 465 Å². The number of thiol groups is 2. The van der Waals surface area contributed by atoms with Crippen molar-refractivity contribution in [2.24, 2.45) is 28.7 Å². The minimum atomic E-state index is -1.80. The van der Waals surface area contributed by atoms with Gasteiger partial charge in [-0.25, -0.2) is 0 Å². The lowest BCUT2D eigenvalue weighted by molar-refractivity contribution is -0.142. The zero-order chi connectivity index (χ0) is 59.4. The fraction of sp³-hybridized carbons (Fsp3) is 0.479. The molecule has 3 rings (SSSR count). The van der Waals surface area contributed by atoms with Crippen LogP contribution in [0.4, 0.5) is 0 Å². The Hall–Kier alpha value is -8.19. The van der Waals surface area contributed by atoms with Gasteiger partial charge in [-0.3, -0.25) is 62.9 Å². The van der Waals surface area contributed by atoms with Crippen molar-refractivity contribution < 1.29 is 67.7 Å². The van der Waals surface area contributed by atoms with E-state index in [-0.39, 0.29) is 68.4 Å². The number of amides is 11. The number of carbonyl (C=O) groups is 12. The molecule has 0 aliphatic carbocycles. The van der Waals surface area contributed by atoms with Crippen LogP contribution in [0.2, 0.25) is 0 Å². The molecule has 1 fully saturated rings. The first kappa shape index (κ1) is 66.9. The predicted molar refractivity (Wildman–Crippen MR) is 291 cm³/mol. The molecular formula is C48H71N15O14S2. The zero-order valence-corrected chi connectivity index (χ0v) is 45.0. The summed E-state index contributed by atoms with van der Waals surface area (Å²) in [5.41, 5.74) is 28.3. The lowest BCUT2D eigenvalue weighted by atomic mass is 10.0. The molecule has 0 aromatic heterocycles. The summed E-state index contributed by atoms with van der Waals surface area (Å²) in [6.45, 7) is 0.758. The van der Waals surface area contributed by atoms with E-state index in [0.717, 1.165) is 11.8 Å². The van der Waals surface area contributed by atoms with Crippen LogP contribution in [0.5, 0.6) is 5.75 Å². The number of hydrogen-bond donors (Lipinski definition) is 18. The van der Waals surface area contributed by atoms with Crippen molar-refractivity contribution in [2.45, 2.75) is 113 Å². The number of phenolic OH excluding ortho intramolecular Hbond substituents is 1. The van der Waals surface area contributed by atoms with Gasteiger partial charge in [0, 0.05) is 50.8 Å². The van der Waals surface area contributed by atoms with E-state index in [0.29, 0.717) is 17.5 Å². The number of phenols is 1. The average molecular weight is 1150 g/mol.